The van der Waals surface area contributed by atoms with Crippen molar-refractivity contribution in [3.05, 3.63) is 71.1 Å². The van der Waals surface area contributed by atoms with Crippen LogP contribution in [0.2, 0.25) is 0 Å². The molecule has 0 radical (unpaired) electrons. The van der Waals surface area contributed by atoms with E-state index >= 15 is 0 Å². The molecular formula is C24H29N6O+. The summed E-state index contributed by atoms with van der Waals surface area (Å²) < 4.78 is 0. The molecule has 0 bridgehead atoms. The number of carbonyl (C=O) groups excluding carboxylic acids is 1. The van der Waals surface area contributed by atoms with Gasteiger partial charge in [-0.15, -0.1) is 6.57 Å². The van der Waals surface area contributed by atoms with Crippen molar-refractivity contribution in [2.45, 2.75) is 51.9 Å². The fraction of sp³-hybridized carbons (Fsp3) is 0.375. The highest BCUT2D eigenvalue weighted by molar-refractivity contribution is 5.78. The second kappa shape index (κ2) is 11.1. The number of hydrogen-bond acceptors (Lipinski definition) is 4. The Morgan fingerprint density at radius 2 is 1.74 bits per heavy atom. The van der Waals surface area contributed by atoms with Gasteiger partial charge >= 0.3 is 5.95 Å². The van der Waals surface area contributed by atoms with Crippen LogP contribution < -0.4 is 10.5 Å². The lowest BCUT2D eigenvalue weighted by Crippen LogP contribution is -2.43. The second-order valence-electron chi connectivity index (χ2n) is 7.68. The minimum atomic E-state index is 0.0849. The van der Waals surface area contributed by atoms with Crippen molar-refractivity contribution in [1.29, 1.82) is 0 Å². The summed E-state index contributed by atoms with van der Waals surface area (Å²) in [5.74, 6) is 0.397. The summed E-state index contributed by atoms with van der Waals surface area (Å²) >= 11 is 0. The van der Waals surface area contributed by atoms with Crippen LogP contribution in [0.5, 0.6) is 0 Å². The van der Waals surface area contributed by atoms with E-state index in [4.69, 9.17) is 12.3 Å². The third kappa shape index (κ3) is 6.30. The van der Waals surface area contributed by atoms with E-state index in [9.17, 15) is 4.79 Å². The Hall–Kier alpha value is -3.37. The van der Waals surface area contributed by atoms with Crippen LogP contribution in [0.3, 0.4) is 0 Å². The van der Waals surface area contributed by atoms with Crippen LogP contribution in [0, 0.1) is 13.5 Å². The molecule has 0 aliphatic heterocycles. The zero-order chi connectivity index (χ0) is 22.1. The van der Waals surface area contributed by atoms with Crippen LogP contribution in [0.4, 0.5) is 5.95 Å². The van der Waals surface area contributed by atoms with E-state index < -0.39 is 0 Å². The van der Waals surface area contributed by atoms with E-state index in [0.717, 1.165) is 61.2 Å². The predicted octanol–water partition coefficient (Wildman–Crippen LogP) is 3.81. The molecular weight excluding hydrogens is 388 g/mol. The summed E-state index contributed by atoms with van der Waals surface area (Å²) in [6.07, 6.45) is 6.10. The van der Waals surface area contributed by atoms with E-state index in [0.29, 0.717) is 18.6 Å². The number of ketones is 1. The minimum Gasteiger partial charge on any atom is -0.382 e. The van der Waals surface area contributed by atoms with E-state index in [-0.39, 0.29) is 5.95 Å². The first kappa shape index (κ1) is 22.3. The van der Waals surface area contributed by atoms with Gasteiger partial charge in [-0.3, -0.25) is 4.79 Å². The number of tetrazole rings is 1. The van der Waals surface area contributed by atoms with E-state index in [1.165, 1.54) is 0 Å². The van der Waals surface area contributed by atoms with Crippen molar-refractivity contribution in [2.24, 2.45) is 5.73 Å². The van der Waals surface area contributed by atoms with E-state index in [1.54, 1.807) is 9.59 Å². The van der Waals surface area contributed by atoms with Gasteiger partial charge in [0.15, 0.2) is 5.69 Å². The zero-order valence-electron chi connectivity index (χ0n) is 18.0. The summed E-state index contributed by atoms with van der Waals surface area (Å²) in [5.41, 5.74) is 9.38. The van der Waals surface area contributed by atoms with Crippen molar-refractivity contribution in [1.82, 2.24) is 15.0 Å². The number of aromatic nitrogens is 4. The van der Waals surface area contributed by atoms with Gasteiger partial charge in [-0.2, -0.15) is 0 Å². The van der Waals surface area contributed by atoms with Crippen LogP contribution in [0.15, 0.2) is 48.5 Å². The number of hydrogen-bond donors (Lipinski definition) is 1. The Balaban J connectivity index is 1.64. The molecule has 2 N–H and O–H groups in total. The molecule has 0 amide bonds. The molecule has 31 heavy (non-hydrogen) atoms. The van der Waals surface area contributed by atoms with E-state index in [1.807, 2.05) is 55.5 Å². The number of Topliss-reactive ketones (excluding diaryl/α,β-unsaturated/α-hetero) is 1. The van der Waals surface area contributed by atoms with Gasteiger partial charge in [-0.25, -0.2) is 0 Å². The van der Waals surface area contributed by atoms with Crippen molar-refractivity contribution in [3.63, 3.8) is 0 Å². The maximum atomic E-state index is 12.1. The topological polar surface area (TPSA) is 82.0 Å². The smallest absolute Gasteiger partial charge is 0.382 e. The van der Waals surface area contributed by atoms with Gasteiger partial charge in [0.1, 0.15) is 11.5 Å². The quantitative estimate of drug-likeness (QED) is 0.292. The van der Waals surface area contributed by atoms with Gasteiger partial charge in [0, 0.05) is 22.4 Å². The molecule has 0 unspecified atom stereocenters. The lowest BCUT2D eigenvalue weighted by molar-refractivity contribution is -0.734. The first-order chi connectivity index (χ1) is 15.1. The number of aryl methyl sites for hydroxylation is 2. The molecule has 0 atom stereocenters. The summed E-state index contributed by atoms with van der Waals surface area (Å²) in [6.45, 7) is 10.0. The third-order valence-corrected chi connectivity index (χ3v) is 5.18. The molecule has 0 aliphatic rings. The fourth-order valence-electron chi connectivity index (χ4n) is 3.36. The Bertz CT molecular complexity index is 1030. The summed E-state index contributed by atoms with van der Waals surface area (Å²) in [6, 6.07) is 15.8. The van der Waals surface area contributed by atoms with Crippen molar-refractivity contribution in [2.75, 3.05) is 6.54 Å². The van der Waals surface area contributed by atoms with Crippen molar-refractivity contribution >= 4 is 11.7 Å². The maximum Gasteiger partial charge on any atom is 0.475 e. The SMILES string of the molecule is [C-]#[N+]c1nn(-c2ccc(CCC(=O)CCCCCCN)cc2)[n+](-c2ccc(C)cc2)n1. The zero-order valence-corrected chi connectivity index (χ0v) is 18.0. The number of unbranched alkanes of at least 4 members (excludes halogenated alkanes) is 3. The molecule has 2 aromatic carbocycles. The number of nitrogens with zero attached hydrogens (tertiary/aromatic N) is 5. The number of benzene rings is 2. The number of rotatable bonds is 11. The maximum absolute atomic E-state index is 12.1. The molecule has 1 aromatic heterocycles. The first-order valence-electron chi connectivity index (χ1n) is 10.8. The standard InChI is InChI=1S/C24H29N6O/c1-19-8-13-21(14-9-19)29-27-24(26-2)28-30(29)22-15-10-20(11-16-22)12-17-23(31)7-5-3-4-6-18-25/h8-11,13-16H,3-7,12,17-18,25H2,1H3/q+1. The molecule has 0 spiro atoms. The Morgan fingerprint density at radius 1 is 1.03 bits per heavy atom. The first-order valence-corrected chi connectivity index (χ1v) is 10.8. The Kier molecular flexibility index (Phi) is 8.02. The van der Waals surface area contributed by atoms with Gasteiger partial charge in [-0.05, 0) is 62.6 Å². The van der Waals surface area contributed by atoms with Crippen molar-refractivity contribution in [3.8, 4) is 11.4 Å². The van der Waals surface area contributed by atoms with Gasteiger partial charge in [0.25, 0.3) is 0 Å². The van der Waals surface area contributed by atoms with Gasteiger partial charge in [0.2, 0.25) is 0 Å². The summed E-state index contributed by atoms with van der Waals surface area (Å²) in [4.78, 5) is 18.7. The molecule has 7 nitrogen and oxygen atoms in total. The predicted molar refractivity (Wildman–Crippen MR) is 119 cm³/mol. The highest BCUT2D eigenvalue weighted by atomic mass is 16.1. The molecule has 0 saturated heterocycles. The molecule has 0 saturated carbocycles. The van der Waals surface area contributed by atoms with Crippen LogP contribution >= 0.6 is 0 Å². The van der Waals surface area contributed by atoms with Crippen LogP contribution in [0.25, 0.3) is 16.2 Å². The third-order valence-electron chi connectivity index (χ3n) is 5.18. The fourth-order valence-corrected chi connectivity index (χ4v) is 3.36. The highest BCUT2D eigenvalue weighted by Crippen LogP contribution is 2.13. The molecule has 0 fully saturated rings. The monoisotopic (exact) mass is 417 g/mol. The molecule has 1 heterocycles. The summed E-state index contributed by atoms with van der Waals surface area (Å²) in [5, 5.41) is 8.61. The number of carbonyl (C=O) groups is 1. The Labute approximate surface area is 183 Å². The largest absolute Gasteiger partial charge is 0.475 e. The van der Waals surface area contributed by atoms with Gasteiger partial charge in [-0.1, -0.05) is 42.7 Å². The lowest BCUT2D eigenvalue weighted by atomic mass is 10.0. The number of nitrogens with two attached hydrogens (primary N) is 1. The van der Waals surface area contributed by atoms with Crippen LogP contribution in [-0.2, 0) is 11.2 Å². The average Bonchev–Trinajstić information content (AvgIpc) is 3.23. The van der Waals surface area contributed by atoms with Gasteiger partial charge < -0.3 is 10.6 Å². The highest BCUT2D eigenvalue weighted by Gasteiger charge is 2.22. The van der Waals surface area contributed by atoms with Crippen molar-refractivity contribution < 1.29 is 9.59 Å². The average molecular weight is 418 g/mol. The molecule has 3 aromatic rings. The lowest BCUT2D eigenvalue weighted by Gasteiger charge is -2.04. The van der Waals surface area contributed by atoms with E-state index in [2.05, 4.69) is 15.0 Å². The van der Waals surface area contributed by atoms with Crippen LogP contribution in [0.1, 0.15) is 49.7 Å². The summed E-state index contributed by atoms with van der Waals surface area (Å²) in [7, 11) is 0. The molecule has 7 heteroatoms. The van der Waals surface area contributed by atoms with Crippen LogP contribution in [-0.4, -0.2) is 27.3 Å². The molecule has 160 valence electrons. The minimum absolute atomic E-state index is 0.0849. The second-order valence-corrected chi connectivity index (χ2v) is 7.68. The molecule has 0 aliphatic carbocycles. The normalized spacial score (nSPS) is 10.7. The Morgan fingerprint density at radius 3 is 2.42 bits per heavy atom. The molecule has 3 rings (SSSR count). The van der Waals surface area contributed by atoms with Gasteiger partial charge in [0.05, 0.1) is 10.2 Å².